The molecule has 0 radical (unpaired) electrons. The predicted molar refractivity (Wildman–Crippen MR) is 67.7 cm³/mol. The van der Waals surface area contributed by atoms with Crippen LogP contribution in [-0.2, 0) is 6.54 Å². The average molecular weight is 264 g/mol. The van der Waals surface area contributed by atoms with E-state index in [-0.39, 0.29) is 5.82 Å². The lowest BCUT2D eigenvalue weighted by molar-refractivity contribution is 0.226. The largest absolute Gasteiger partial charge is 0.295 e. The van der Waals surface area contributed by atoms with Gasteiger partial charge in [0.05, 0.1) is 0 Å². The van der Waals surface area contributed by atoms with Gasteiger partial charge in [0, 0.05) is 30.0 Å². The van der Waals surface area contributed by atoms with Crippen LogP contribution in [0.4, 0.5) is 4.39 Å². The first kappa shape index (κ1) is 13.8. The van der Waals surface area contributed by atoms with Gasteiger partial charge in [0.1, 0.15) is 5.82 Å². The molecule has 0 saturated heterocycles. The summed E-state index contributed by atoms with van der Waals surface area (Å²) in [6.07, 6.45) is 0. The molecule has 0 bridgehead atoms. The van der Waals surface area contributed by atoms with Crippen LogP contribution in [0.1, 0.15) is 19.4 Å². The maximum atomic E-state index is 13.1. The molecule has 0 aromatic heterocycles. The highest BCUT2D eigenvalue weighted by Crippen LogP contribution is 2.19. The van der Waals surface area contributed by atoms with E-state index in [4.69, 9.17) is 23.2 Å². The molecule has 0 aliphatic carbocycles. The fourth-order valence-electron chi connectivity index (χ4n) is 1.51. The van der Waals surface area contributed by atoms with Crippen molar-refractivity contribution in [3.05, 3.63) is 34.6 Å². The number of halogens is 3. The second-order valence-corrected chi connectivity index (χ2v) is 4.77. The molecular formula is C12H16Cl2FN. The molecule has 0 unspecified atom stereocenters. The average Bonchev–Trinajstić information content (AvgIpc) is 2.22. The van der Waals surface area contributed by atoms with E-state index in [1.807, 2.05) is 0 Å². The normalized spacial score (nSPS) is 11.4. The zero-order chi connectivity index (χ0) is 12.1. The molecule has 0 atom stereocenters. The van der Waals surface area contributed by atoms with Crippen molar-refractivity contribution in [3.63, 3.8) is 0 Å². The van der Waals surface area contributed by atoms with E-state index >= 15 is 0 Å². The van der Waals surface area contributed by atoms with Gasteiger partial charge in [-0.2, -0.15) is 0 Å². The number of rotatable bonds is 5. The zero-order valence-electron chi connectivity index (χ0n) is 9.51. The molecule has 0 amide bonds. The molecule has 1 aromatic rings. The topological polar surface area (TPSA) is 3.24 Å². The molecular weight excluding hydrogens is 248 g/mol. The number of hydrogen-bond donors (Lipinski definition) is 0. The molecule has 0 heterocycles. The summed E-state index contributed by atoms with van der Waals surface area (Å²) in [7, 11) is 0. The van der Waals surface area contributed by atoms with Gasteiger partial charge in [0.2, 0.25) is 0 Å². The SMILES string of the molecule is CC(C)N(CCCl)Cc1cc(F)ccc1Cl. The van der Waals surface area contributed by atoms with Crippen LogP contribution < -0.4 is 0 Å². The molecule has 16 heavy (non-hydrogen) atoms. The molecule has 0 aliphatic heterocycles. The fraction of sp³-hybridized carbons (Fsp3) is 0.500. The highest BCUT2D eigenvalue weighted by Gasteiger charge is 2.11. The van der Waals surface area contributed by atoms with Crippen molar-refractivity contribution in [2.75, 3.05) is 12.4 Å². The van der Waals surface area contributed by atoms with E-state index in [0.717, 1.165) is 12.1 Å². The summed E-state index contributed by atoms with van der Waals surface area (Å²) in [5.41, 5.74) is 0.806. The van der Waals surface area contributed by atoms with Gasteiger partial charge in [-0.05, 0) is 37.6 Å². The second kappa shape index (κ2) is 6.43. The van der Waals surface area contributed by atoms with E-state index in [0.29, 0.717) is 23.5 Å². The van der Waals surface area contributed by atoms with Gasteiger partial charge in [0.15, 0.2) is 0 Å². The van der Waals surface area contributed by atoms with Crippen LogP contribution in [0.2, 0.25) is 5.02 Å². The van der Waals surface area contributed by atoms with E-state index < -0.39 is 0 Å². The molecule has 1 rings (SSSR count). The van der Waals surface area contributed by atoms with Crippen LogP contribution >= 0.6 is 23.2 Å². The third-order valence-corrected chi connectivity index (χ3v) is 3.02. The zero-order valence-corrected chi connectivity index (χ0v) is 11.0. The lowest BCUT2D eigenvalue weighted by atomic mass is 10.2. The lowest BCUT2D eigenvalue weighted by Crippen LogP contribution is -2.32. The van der Waals surface area contributed by atoms with Crippen LogP contribution in [0.25, 0.3) is 0 Å². The first-order chi connectivity index (χ1) is 7.54. The second-order valence-electron chi connectivity index (χ2n) is 3.99. The first-order valence-electron chi connectivity index (χ1n) is 5.28. The van der Waals surface area contributed by atoms with Gasteiger partial charge in [-0.25, -0.2) is 4.39 Å². The quantitative estimate of drug-likeness (QED) is 0.728. The number of alkyl halides is 1. The van der Waals surface area contributed by atoms with E-state index in [9.17, 15) is 4.39 Å². The molecule has 1 aromatic carbocycles. The molecule has 0 spiro atoms. The Labute approximate surface area is 106 Å². The maximum Gasteiger partial charge on any atom is 0.123 e. The minimum absolute atomic E-state index is 0.256. The standard InChI is InChI=1S/C12H16Cl2FN/c1-9(2)16(6-5-13)8-10-7-11(15)3-4-12(10)14/h3-4,7,9H,5-6,8H2,1-2H3. The Bertz CT molecular complexity index is 342. The van der Waals surface area contributed by atoms with Crippen molar-refractivity contribution in [1.29, 1.82) is 0 Å². The Morgan fingerprint density at radius 1 is 1.38 bits per heavy atom. The summed E-state index contributed by atoms with van der Waals surface area (Å²) < 4.78 is 13.1. The molecule has 0 aliphatic rings. The van der Waals surface area contributed by atoms with Crippen LogP contribution in [0.5, 0.6) is 0 Å². The lowest BCUT2D eigenvalue weighted by Gasteiger charge is -2.25. The molecule has 0 saturated carbocycles. The van der Waals surface area contributed by atoms with Gasteiger partial charge >= 0.3 is 0 Å². The maximum absolute atomic E-state index is 13.1. The third kappa shape index (κ3) is 3.93. The van der Waals surface area contributed by atoms with Crippen molar-refractivity contribution >= 4 is 23.2 Å². The van der Waals surface area contributed by atoms with E-state index in [2.05, 4.69) is 18.7 Å². The van der Waals surface area contributed by atoms with Crippen molar-refractivity contribution in [2.24, 2.45) is 0 Å². The van der Waals surface area contributed by atoms with Gasteiger partial charge in [-0.1, -0.05) is 11.6 Å². The third-order valence-electron chi connectivity index (χ3n) is 2.48. The van der Waals surface area contributed by atoms with Gasteiger partial charge < -0.3 is 0 Å². The number of hydrogen-bond acceptors (Lipinski definition) is 1. The summed E-state index contributed by atoms with van der Waals surface area (Å²) in [4.78, 5) is 2.16. The summed E-state index contributed by atoms with van der Waals surface area (Å²) in [5, 5.41) is 0.599. The summed E-state index contributed by atoms with van der Waals surface area (Å²) in [6.45, 7) is 5.56. The van der Waals surface area contributed by atoms with E-state index in [1.165, 1.54) is 12.1 Å². The number of nitrogens with zero attached hydrogens (tertiary/aromatic N) is 1. The van der Waals surface area contributed by atoms with Crippen LogP contribution in [0, 0.1) is 5.82 Å². The fourth-order valence-corrected chi connectivity index (χ4v) is 1.91. The Hall–Kier alpha value is -0.310. The summed E-state index contributed by atoms with van der Waals surface area (Å²) in [6, 6.07) is 4.79. The molecule has 1 nitrogen and oxygen atoms in total. The van der Waals surface area contributed by atoms with E-state index in [1.54, 1.807) is 6.07 Å². The summed E-state index contributed by atoms with van der Waals surface area (Å²) in [5.74, 6) is 0.305. The molecule has 0 fully saturated rings. The molecule has 4 heteroatoms. The molecule has 90 valence electrons. The molecule has 0 N–H and O–H groups in total. The van der Waals surface area contributed by atoms with Gasteiger partial charge in [-0.3, -0.25) is 4.90 Å². The van der Waals surface area contributed by atoms with Crippen molar-refractivity contribution in [1.82, 2.24) is 4.90 Å². The van der Waals surface area contributed by atoms with Gasteiger partial charge in [0.25, 0.3) is 0 Å². The highest BCUT2D eigenvalue weighted by atomic mass is 35.5. The minimum Gasteiger partial charge on any atom is -0.295 e. The smallest absolute Gasteiger partial charge is 0.123 e. The van der Waals surface area contributed by atoms with Crippen molar-refractivity contribution < 1.29 is 4.39 Å². The predicted octanol–water partition coefficient (Wildman–Crippen LogP) is 3.93. The van der Waals surface area contributed by atoms with Crippen LogP contribution in [0.3, 0.4) is 0 Å². The van der Waals surface area contributed by atoms with Gasteiger partial charge in [-0.15, -0.1) is 11.6 Å². The Balaban J connectivity index is 2.80. The Kier molecular flexibility index (Phi) is 5.53. The Morgan fingerprint density at radius 3 is 2.62 bits per heavy atom. The summed E-state index contributed by atoms with van der Waals surface area (Å²) >= 11 is 11.7. The van der Waals surface area contributed by atoms with Crippen molar-refractivity contribution in [3.8, 4) is 0 Å². The number of benzene rings is 1. The monoisotopic (exact) mass is 263 g/mol. The minimum atomic E-state index is -0.256. The Morgan fingerprint density at radius 2 is 2.06 bits per heavy atom. The van der Waals surface area contributed by atoms with Crippen LogP contribution in [0.15, 0.2) is 18.2 Å². The first-order valence-corrected chi connectivity index (χ1v) is 6.19. The highest BCUT2D eigenvalue weighted by molar-refractivity contribution is 6.31. The van der Waals surface area contributed by atoms with Crippen LogP contribution in [-0.4, -0.2) is 23.4 Å². The van der Waals surface area contributed by atoms with Crippen molar-refractivity contribution in [2.45, 2.75) is 26.4 Å².